The third-order valence-corrected chi connectivity index (χ3v) is 3.39. The molecule has 0 aliphatic carbocycles. The Morgan fingerprint density at radius 2 is 2.20 bits per heavy atom. The van der Waals surface area contributed by atoms with Crippen LogP contribution in [-0.2, 0) is 6.54 Å². The largest absolute Gasteiger partial charge is 0.298 e. The maximum absolute atomic E-state index is 13.3. The van der Waals surface area contributed by atoms with Gasteiger partial charge in [0.15, 0.2) is 11.6 Å². The molecule has 1 fully saturated rings. The number of nitrogens with zero attached hydrogens (tertiary/aromatic N) is 1. The molecule has 0 bridgehead atoms. The second kappa shape index (κ2) is 4.58. The summed E-state index contributed by atoms with van der Waals surface area (Å²) in [6, 6.07) is 4.34. The van der Waals surface area contributed by atoms with E-state index in [0.717, 1.165) is 25.6 Å². The smallest absolute Gasteiger partial charge is 0.163 e. The fourth-order valence-corrected chi connectivity index (χ4v) is 2.45. The van der Waals surface area contributed by atoms with Gasteiger partial charge in [-0.25, -0.2) is 8.78 Å². The lowest BCUT2D eigenvalue weighted by molar-refractivity contribution is 0.324. The molecule has 1 atom stereocenters. The van der Waals surface area contributed by atoms with Crippen molar-refractivity contribution in [3.05, 3.63) is 35.4 Å². The molecule has 4 heteroatoms. The van der Waals surface area contributed by atoms with E-state index in [-0.39, 0.29) is 0 Å². The molecule has 1 unspecified atom stereocenters. The average Bonchev–Trinajstić information content (AvgIpc) is 2.59. The Morgan fingerprint density at radius 1 is 1.40 bits per heavy atom. The van der Waals surface area contributed by atoms with Gasteiger partial charge in [-0.2, -0.15) is 0 Å². The van der Waals surface area contributed by atoms with Gasteiger partial charge in [0.05, 0.1) is 0 Å². The van der Waals surface area contributed by atoms with E-state index in [1.54, 1.807) is 12.1 Å². The predicted molar refractivity (Wildman–Crippen MR) is 59.0 cm³/mol. The summed E-state index contributed by atoms with van der Waals surface area (Å²) in [5.74, 6) is -1.47. The summed E-state index contributed by atoms with van der Waals surface area (Å²) >= 11 is 3.52. The quantitative estimate of drug-likeness (QED) is 0.751. The first-order valence-corrected chi connectivity index (χ1v) is 5.87. The number of rotatable bonds is 2. The molecule has 0 N–H and O–H groups in total. The van der Waals surface area contributed by atoms with Crippen molar-refractivity contribution in [2.45, 2.75) is 17.8 Å². The van der Waals surface area contributed by atoms with E-state index < -0.39 is 11.6 Å². The van der Waals surface area contributed by atoms with E-state index in [9.17, 15) is 8.78 Å². The second-order valence-corrected chi connectivity index (χ2v) is 5.13. The lowest BCUT2D eigenvalue weighted by Crippen LogP contribution is -2.21. The Morgan fingerprint density at radius 3 is 2.87 bits per heavy atom. The van der Waals surface area contributed by atoms with E-state index in [1.807, 2.05) is 0 Å². The monoisotopic (exact) mass is 275 g/mol. The van der Waals surface area contributed by atoms with E-state index in [0.29, 0.717) is 16.9 Å². The summed E-state index contributed by atoms with van der Waals surface area (Å²) in [5, 5.41) is 0. The van der Waals surface area contributed by atoms with Crippen LogP contribution >= 0.6 is 15.9 Å². The fourth-order valence-electron chi connectivity index (χ4n) is 1.84. The SMILES string of the molecule is Fc1cccc(CN2CCC(Br)C2)c1F. The van der Waals surface area contributed by atoms with Gasteiger partial charge in [0.2, 0.25) is 0 Å². The number of halogens is 3. The van der Waals surface area contributed by atoms with Crippen LogP contribution in [0.3, 0.4) is 0 Å². The number of hydrogen-bond donors (Lipinski definition) is 0. The highest BCUT2D eigenvalue weighted by Crippen LogP contribution is 2.20. The number of benzene rings is 1. The normalized spacial score (nSPS) is 22.2. The van der Waals surface area contributed by atoms with Crippen LogP contribution in [0.4, 0.5) is 8.78 Å². The van der Waals surface area contributed by atoms with Crippen LogP contribution in [0.25, 0.3) is 0 Å². The molecule has 15 heavy (non-hydrogen) atoms. The maximum atomic E-state index is 13.3. The minimum absolute atomic E-state index is 0.441. The lowest BCUT2D eigenvalue weighted by atomic mass is 10.2. The first-order chi connectivity index (χ1) is 7.16. The molecule has 0 radical (unpaired) electrons. The standard InChI is InChI=1S/C11H12BrF2N/c12-9-4-5-15(7-9)6-8-2-1-3-10(13)11(8)14/h1-3,9H,4-7H2. The van der Waals surface area contributed by atoms with Crippen LogP contribution < -0.4 is 0 Å². The van der Waals surface area contributed by atoms with Gasteiger partial charge in [-0.15, -0.1) is 0 Å². The summed E-state index contributed by atoms with van der Waals surface area (Å²) in [5.41, 5.74) is 0.441. The topological polar surface area (TPSA) is 3.24 Å². The van der Waals surface area contributed by atoms with Gasteiger partial charge in [-0.05, 0) is 19.0 Å². The second-order valence-electron chi connectivity index (χ2n) is 3.83. The Labute approximate surface area is 96.2 Å². The summed E-state index contributed by atoms with van der Waals surface area (Å²) in [6.45, 7) is 2.33. The van der Waals surface area contributed by atoms with Gasteiger partial charge < -0.3 is 0 Å². The van der Waals surface area contributed by atoms with Gasteiger partial charge in [-0.3, -0.25) is 4.90 Å². The van der Waals surface area contributed by atoms with Gasteiger partial charge >= 0.3 is 0 Å². The molecule has 0 amide bonds. The zero-order valence-electron chi connectivity index (χ0n) is 8.22. The molecule has 1 aromatic carbocycles. The fraction of sp³-hybridized carbons (Fsp3) is 0.455. The summed E-state index contributed by atoms with van der Waals surface area (Å²) in [6.07, 6.45) is 1.07. The zero-order chi connectivity index (χ0) is 10.8. The summed E-state index contributed by atoms with van der Waals surface area (Å²) < 4.78 is 26.3. The number of hydrogen-bond acceptors (Lipinski definition) is 1. The third-order valence-electron chi connectivity index (χ3n) is 2.64. The molecule has 0 spiro atoms. The lowest BCUT2D eigenvalue weighted by Gasteiger charge is -2.15. The van der Waals surface area contributed by atoms with Crippen molar-refractivity contribution in [2.24, 2.45) is 0 Å². The molecule has 1 saturated heterocycles. The van der Waals surface area contributed by atoms with Crippen molar-refractivity contribution >= 4 is 15.9 Å². The molecular weight excluding hydrogens is 264 g/mol. The Kier molecular flexibility index (Phi) is 3.36. The zero-order valence-corrected chi connectivity index (χ0v) is 9.80. The molecule has 1 nitrogen and oxygen atoms in total. The van der Waals surface area contributed by atoms with E-state index in [2.05, 4.69) is 20.8 Å². The van der Waals surface area contributed by atoms with E-state index in [1.165, 1.54) is 0 Å². The highest BCUT2D eigenvalue weighted by atomic mass is 79.9. The summed E-state index contributed by atoms with van der Waals surface area (Å²) in [4.78, 5) is 2.60. The minimum Gasteiger partial charge on any atom is -0.298 e. The molecule has 2 rings (SSSR count). The Bertz CT molecular complexity index is 356. The van der Waals surface area contributed by atoms with E-state index in [4.69, 9.17) is 0 Å². The Balaban J connectivity index is 2.07. The minimum atomic E-state index is -0.762. The van der Waals surface area contributed by atoms with Crippen molar-refractivity contribution in [3.8, 4) is 0 Å². The third kappa shape index (κ3) is 2.55. The predicted octanol–water partition coefficient (Wildman–Crippen LogP) is 2.93. The number of alkyl halides is 1. The average molecular weight is 276 g/mol. The van der Waals surface area contributed by atoms with Crippen LogP contribution in [0.2, 0.25) is 0 Å². The van der Waals surface area contributed by atoms with Crippen molar-refractivity contribution < 1.29 is 8.78 Å². The highest BCUT2D eigenvalue weighted by Gasteiger charge is 2.21. The molecule has 0 aromatic heterocycles. The molecule has 1 aliphatic rings. The maximum Gasteiger partial charge on any atom is 0.163 e. The van der Waals surface area contributed by atoms with Crippen LogP contribution in [0, 0.1) is 11.6 Å². The van der Waals surface area contributed by atoms with Crippen molar-refractivity contribution in [3.63, 3.8) is 0 Å². The molecule has 1 aliphatic heterocycles. The van der Waals surface area contributed by atoms with Crippen LogP contribution in [0.5, 0.6) is 0 Å². The van der Waals surface area contributed by atoms with Gasteiger partial charge in [0, 0.05) is 23.5 Å². The van der Waals surface area contributed by atoms with E-state index >= 15 is 0 Å². The molecule has 1 heterocycles. The van der Waals surface area contributed by atoms with Gasteiger partial charge in [-0.1, -0.05) is 28.1 Å². The van der Waals surface area contributed by atoms with Crippen LogP contribution in [-0.4, -0.2) is 22.8 Å². The molecule has 0 saturated carbocycles. The number of likely N-dealkylation sites (tertiary alicyclic amines) is 1. The molecule has 82 valence electrons. The van der Waals surface area contributed by atoms with Crippen molar-refractivity contribution in [1.29, 1.82) is 0 Å². The molecule has 1 aromatic rings. The van der Waals surface area contributed by atoms with Crippen LogP contribution in [0.15, 0.2) is 18.2 Å². The van der Waals surface area contributed by atoms with Crippen LogP contribution in [0.1, 0.15) is 12.0 Å². The van der Waals surface area contributed by atoms with Gasteiger partial charge in [0.25, 0.3) is 0 Å². The highest BCUT2D eigenvalue weighted by molar-refractivity contribution is 9.09. The first-order valence-electron chi connectivity index (χ1n) is 4.96. The Hall–Kier alpha value is -0.480. The van der Waals surface area contributed by atoms with Crippen molar-refractivity contribution in [2.75, 3.05) is 13.1 Å². The molecular formula is C11H12BrF2N. The first kappa shape index (κ1) is 11.0. The van der Waals surface area contributed by atoms with Gasteiger partial charge in [0.1, 0.15) is 0 Å². The summed E-state index contributed by atoms with van der Waals surface area (Å²) in [7, 11) is 0. The van der Waals surface area contributed by atoms with Crippen molar-refractivity contribution in [1.82, 2.24) is 4.90 Å².